The van der Waals surface area contributed by atoms with E-state index in [4.69, 9.17) is 5.73 Å². The van der Waals surface area contributed by atoms with Crippen LogP contribution in [0.4, 0.5) is 0 Å². The number of rotatable bonds is 3. The second-order valence-electron chi connectivity index (χ2n) is 4.79. The van der Waals surface area contributed by atoms with Gasteiger partial charge in [-0.15, -0.1) is 0 Å². The Morgan fingerprint density at radius 1 is 1.35 bits per heavy atom. The lowest BCUT2D eigenvalue weighted by Gasteiger charge is -2.27. The third-order valence-electron chi connectivity index (χ3n) is 3.36. The summed E-state index contributed by atoms with van der Waals surface area (Å²) in [4.78, 5) is 7.56. The van der Waals surface area contributed by atoms with Crippen LogP contribution < -0.4 is 5.73 Å². The molecule has 0 aromatic heterocycles. The first-order chi connectivity index (χ1) is 9.58. The zero-order valence-electron chi connectivity index (χ0n) is 11.9. The quantitative estimate of drug-likeness (QED) is 0.684. The summed E-state index contributed by atoms with van der Waals surface area (Å²) in [5, 5.41) is 0. The predicted octanol–water partition coefficient (Wildman–Crippen LogP) is 1.85. The summed E-state index contributed by atoms with van der Waals surface area (Å²) in [5.41, 5.74) is 7.17. The Hall–Kier alpha value is -1.01. The molecular formula is C14H21N3OS2. The number of aliphatic imine (C=N–C) groups is 1. The molecule has 0 spiro atoms. The van der Waals surface area contributed by atoms with Crippen LogP contribution in [-0.2, 0) is 10.8 Å². The van der Waals surface area contributed by atoms with Gasteiger partial charge >= 0.3 is 0 Å². The number of nitrogens with two attached hydrogens (primary N) is 1. The molecule has 0 amide bonds. The summed E-state index contributed by atoms with van der Waals surface area (Å²) < 4.78 is 11.4. The summed E-state index contributed by atoms with van der Waals surface area (Å²) in [6.45, 7) is 3.98. The molecule has 1 aromatic carbocycles. The fourth-order valence-corrected chi connectivity index (χ4v) is 3.51. The Balaban J connectivity index is 2.06. The molecule has 4 nitrogen and oxygen atoms in total. The van der Waals surface area contributed by atoms with Crippen LogP contribution >= 0.6 is 11.8 Å². The molecule has 0 bridgehead atoms. The van der Waals surface area contributed by atoms with Gasteiger partial charge in [-0.05, 0) is 24.6 Å². The third-order valence-corrected chi connectivity index (χ3v) is 5.23. The molecule has 1 heterocycles. The smallest absolute Gasteiger partial charge is 0.191 e. The SMILES string of the molecule is CC(N=C(N)N1CCSCC1)c1ccc(S(C)=O)cc1. The monoisotopic (exact) mass is 311 g/mol. The van der Waals surface area contributed by atoms with Crippen molar-refractivity contribution in [2.24, 2.45) is 10.7 Å². The first-order valence-electron chi connectivity index (χ1n) is 6.67. The first-order valence-corrected chi connectivity index (χ1v) is 9.38. The minimum absolute atomic E-state index is 0.0175. The summed E-state index contributed by atoms with van der Waals surface area (Å²) in [5.74, 6) is 2.85. The standard InChI is InChI=1S/C14H21N3OS2/c1-11(12-3-5-13(6-4-12)20(2)18)16-14(15)17-7-9-19-10-8-17/h3-6,11H,7-10H2,1-2H3,(H2,15,16). The summed E-state index contributed by atoms with van der Waals surface area (Å²) >= 11 is 1.95. The van der Waals surface area contributed by atoms with E-state index in [-0.39, 0.29) is 6.04 Å². The highest BCUT2D eigenvalue weighted by Gasteiger charge is 2.13. The number of guanidine groups is 1. The average Bonchev–Trinajstić information content (AvgIpc) is 2.48. The molecule has 1 aliphatic heterocycles. The average molecular weight is 311 g/mol. The van der Waals surface area contributed by atoms with E-state index in [1.807, 2.05) is 43.0 Å². The molecule has 1 aromatic rings. The molecule has 1 aliphatic rings. The molecule has 1 fully saturated rings. The van der Waals surface area contributed by atoms with Gasteiger partial charge in [-0.2, -0.15) is 11.8 Å². The van der Waals surface area contributed by atoms with Crippen LogP contribution in [0.25, 0.3) is 0 Å². The Labute approximate surface area is 127 Å². The largest absolute Gasteiger partial charge is 0.370 e. The first kappa shape index (κ1) is 15.4. The molecule has 2 N–H and O–H groups in total. The normalized spacial score (nSPS) is 19.7. The van der Waals surface area contributed by atoms with Crippen molar-refractivity contribution in [3.05, 3.63) is 29.8 Å². The molecule has 6 heteroatoms. The van der Waals surface area contributed by atoms with Gasteiger partial charge in [-0.3, -0.25) is 4.21 Å². The number of thioether (sulfide) groups is 1. The zero-order valence-corrected chi connectivity index (χ0v) is 13.5. The van der Waals surface area contributed by atoms with E-state index >= 15 is 0 Å². The Morgan fingerprint density at radius 3 is 2.50 bits per heavy atom. The molecule has 0 aliphatic carbocycles. The van der Waals surface area contributed by atoms with Crippen molar-refractivity contribution >= 4 is 28.5 Å². The Morgan fingerprint density at radius 2 is 1.95 bits per heavy atom. The lowest BCUT2D eigenvalue weighted by Crippen LogP contribution is -2.42. The Kier molecular flexibility index (Phi) is 5.48. The van der Waals surface area contributed by atoms with Crippen LogP contribution in [-0.4, -0.2) is 45.9 Å². The van der Waals surface area contributed by atoms with E-state index in [0.717, 1.165) is 35.1 Å². The second kappa shape index (κ2) is 7.13. The molecule has 0 radical (unpaired) electrons. The number of benzene rings is 1. The minimum Gasteiger partial charge on any atom is -0.370 e. The van der Waals surface area contributed by atoms with Crippen molar-refractivity contribution in [2.75, 3.05) is 30.9 Å². The van der Waals surface area contributed by atoms with E-state index in [9.17, 15) is 4.21 Å². The van der Waals surface area contributed by atoms with E-state index in [0.29, 0.717) is 5.96 Å². The van der Waals surface area contributed by atoms with Gasteiger partial charge in [0.15, 0.2) is 5.96 Å². The third kappa shape index (κ3) is 3.99. The number of hydrogen-bond acceptors (Lipinski definition) is 3. The van der Waals surface area contributed by atoms with Crippen LogP contribution in [0.3, 0.4) is 0 Å². The zero-order chi connectivity index (χ0) is 14.5. The highest BCUT2D eigenvalue weighted by molar-refractivity contribution is 7.99. The number of hydrogen-bond donors (Lipinski definition) is 1. The van der Waals surface area contributed by atoms with Crippen molar-refractivity contribution in [1.82, 2.24) is 4.90 Å². The van der Waals surface area contributed by atoms with Gasteiger partial charge in [-0.25, -0.2) is 4.99 Å². The summed E-state index contributed by atoms with van der Waals surface area (Å²) in [7, 11) is -0.936. The fraction of sp³-hybridized carbons (Fsp3) is 0.500. The van der Waals surface area contributed by atoms with Crippen LogP contribution in [0.1, 0.15) is 18.5 Å². The van der Waals surface area contributed by atoms with E-state index in [2.05, 4.69) is 9.89 Å². The molecule has 1 saturated heterocycles. The van der Waals surface area contributed by atoms with Gasteiger partial charge in [0.05, 0.1) is 6.04 Å². The van der Waals surface area contributed by atoms with Crippen molar-refractivity contribution in [3.63, 3.8) is 0 Å². The molecule has 2 atom stereocenters. The Bertz CT molecular complexity index is 496. The van der Waals surface area contributed by atoms with Gasteiger partial charge in [0.1, 0.15) is 0 Å². The molecular weight excluding hydrogens is 290 g/mol. The maximum atomic E-state index is 11.4. The van der Waals surface area contributed by atoms with E-state index in [1.54, 1.807) is 6.26 Å². The van der Waals surface area contributed by atoms with E-state index in [1.165, 1.54) is 0 Å². The summed E-state index contributed by atoms with van der Waals surface area (Å²) in [6.07, 6.45) is 1.68. The van der Waals surface area contributed by atoms with Gasteiger partial charge in [0.2, 0.25) is 0 Å². The fourth-order valence-electron chi connectivity index (χ4n) is 2.09. The molecule has 2 rings (SSSR count). The lowest BCUT2D eigenvalue weighted by molar-refractivity contribution is 0.453. The molecule has 0 saturated carbocycles. The lowest BCUT2D eigenvalue weighted by atomic mass is 10.1. The molecule has 2 unspecified atom stereocenters. The van der Waals surface area contributed by atoms with Crippen molar-refractivity contribution < 1.29 is 4.21 Å². The second-order valence-corrected chi connectivity index (χ2v) is 7.39. The van der Waals surface area contributed by atoms with Crippen molar-refractivity contribution in [1.29, 1.82) is 0 Å². The van der Waals surface area contributed by atoms with E-state index < -0.39 is 10.8 Å². The van der Waals surface area contributed by atoms with Gasteiger partial charge < -0.3 is 10.6 Å². The summed E-state index contributed by atoms with van der Waals surface area (Å²) in [6, 6.07) is 7.76. The predicted molar refractivity (Wildman–Crippen MR) is 87.7 cm³/mol. The van der Waals surface area contributed by atoms with Crippen molar-refractivity contribution in [3.8, 4) is 0 Å². The van der Waals surface area contributed by atoms with Crippen LogP contribution in [0.15, 0.2) is 34.2 Å². The van der Waals surface area contributed by atoms with Crippen LogP contribution in [0.5, 0.6) is 0 Å². The van der Waals surface area contributed by atoms with Crippen molar-refractivity contribution in [2.45, 2.75) is 17.9 Å². The topological polar surface area (TPSA) is 58.7 Å². The highest BCUT2D eigenvalue weighted by atomic mass is 32.2. The van der Waals surface area contributed by atoms with Crippen LogP contribution in [0, 0.1) is 0 Å². The maximum absolute atomic E-state index is 11.4. The minimum atomic E-state index is -0.936. The van der Waals surface area contributed by atoms with Gasteiger partial charge in [0, 0.05) is 46.5 Å². The number of nitrogens with zero attached hydrogens (tertiary/aromatic N) is 2. The highest BCUT2D eigenvalue weighted by Crippen LogP contribution is 2.19. The van der Waals surface area contributed by atoms with Gasteiger partial charge in [0.25, 0.3) is 0 Å². The van der Waals surface area contributed by atoms with Gasteiger partial charge in [-0.1, -0.05) is 12.1 Å². The maximum Gasteiger partial charge on any atom is 0.191 e. The van der Waals surface area contributed by atoms with Crippen LogP contribution in [0.2, 0.25) is 0 Å². The molecule has 20 heavy (non-hydrogen) atoms. The molecule has 110 valence electrons.